The Hall–Kier alpha value is -1.71. The van der Waals surface area contributed by atoms with Gasteiger partial charge in [0.1, 0.15) is 11.6 Å². The Morgan fingerprint density at radius 3 is 2.81 bits per heavy atom. The minimum Gasteiger partial charge on any atom is -0.356 e. The zero-order chi connectivity index (χ0) is 11.7. The fraction of sp³-hybridized carbons (Fsp3) is 0.250. The molecule has 1 aromatic carbocycles. The molecule has 0 bridgehead atoms. The molecule has 2 rings (SSSR count). The van der Waals surface area contributed by atoms with E-state index in [-0.39, 0.29) is 5.91 Å². The minimum atomic E-state index is -0.595. The molecule has 0 aromatic heterocycles. The number of rotatable bonds is 1. The molecule has 0 heterocycles. The van der Waals surface area contributed by atoms with Crippen molar-refractivity contribution in [1.29, 1.82) is 0 Å². The molecule has 0 aliphatic heterocycles. The van der Waals surface area contributed by atoms with Crippen LogP contribution in [0.1, 0.15) is 17.5 Å². The topological polar surface area (TPSA) is 29.1 Å². The maximum Gasteiger partial charge on any atom is 0.244 e. The van der Waals surface area contributed by atoms with Crippen LogP contribution in [0, 0.1) is 11.6 Å². The van der Waals surface area contributed by atoms with E-state index in [0.29, 0.717) is 29.5 Å². The minimum absolute atomic E-state index is 0.272. The number of amides is 1. The van der Waals surface area contributed by atoms with E-state index >= 15 is 0 Å². The Morgan fingerprint density at radius 1 is 1.38 bits per heavy atom. The van der Waals surface area contributed by atoms with Gasteiger partial charge in [-0.15, -0.1) is 0 Å². The van der Waals surface area contributed by atoms with Gasteiger partial charge < -0.3 is 5.32 Å². The van der Waals surface area contributed by atoms with Crippen molar-refractivity contribution < 1.29 is 13.6 Å². The maximum absolute atomic E-state index is 13.5. The summed E-state index contributed by atoms with van der Waals surface area (Å²) >= 11 is 0. The van der Waals surface area contributed by atoms with Gasteiger partial charge in [-0.05, 0) is 30.0 Å². The van der Waals surface area contributed by atoms with Gasteiger partial charge in [-0.2, -0.15) is 0 Å². The number of likely N-dealkylation sites (N-methyl/N-ethyl adjacent to an activating group) is 1. The summed E-state index contributed by atoms with van der Waals surface area (Å²) < 4.78 is 26.5. The van der Waals surface area contributed by atoms with Crippen LogP contribution in [0.5, 0.6) is 0 Å². The number of carbonyl (C=O) groups is 1. The Labute approximate surface area is 92.0 Å². The summed E-state index contributed by atoms with van der Waals surface area (Å²) in [4.78, 5) is 11.2. The molecule has 1 aromatic rings. The van der Waals surface area contributed by atoms with Gasteiger partial charge in [0.25, 0.3) is 0 Å². The van der Waals surface area contributed by atoms with Crippen molar-refractivity contribution in [3.8, 4) is 0 Å². The first-order valence-electron chi connectivity index (χ1n) is 5.02. The molecule has 0 unspecified atom stereocenters. The summed E-state index contributed by atoms with van der Waals surface area (Å²) in [6, 6.07) is 2.17. The molecule has 1 aliphatic carbocycles. The van der Waals surface area contributed by atoms with Crippen molar-refractivity contribution >= 4 is 11.5 Å². The van der Waals surface area contributed by atoms with Crippen LogP contribution in [0.2, 0.25) is 0 Å². The van der Waals surface area contributed by atoms with Gasteiger partial charge in [-0.1, -0.05) is 0 Å². The molecule has 0 spiro atoms. The SMILES string of the molecule is CNC(=O)/C=C1/CCc2cc(F)cc(F)c21. The fourth-order valence-corrected chi connectivity index (χ4v) is 1.95. The average Bonchev–Trinajstić information content (AvgIpc) is 2.61. The summed E-state index contributed by atoms with van der Waals surface area (Å²) in [7, 11) is 1.51. The molecule has 16 heavy (non-hydrogen) atoms. The lowest BCUT2D eigenvalue weighted by Gasteiger charge is -2.03. The molecular weight excluding hydrogens is 212 g/mol. The quantitative estimate of drug-likeness (QED) is 0.725. The number of nitrogens with one attached hydrogen (secondary N) is 1. The van der Waals surface area contributed by atoms with Crippen LogP contribution in [-0.2, 0) is 11.2 Å². The molecule has 0 radical (unpaired) electrons. The van der Waals surface area contributed by atoms with Crippen molar-refractivity contribution in [3.05, 3.63) is 41.0 Å². The average molecular weight is 223 g/mol. The van der Waals surface area contributed by atoms with Gasteiger partial charge in [0.05, 0.1) is 0 Å². The molecular formula is C12H11F2NO. The predicted octanol–water partition coefficient (Wildman–Crippen LogP) is 2.04. The molecule has 1 aliphatic rings. The predicted molar refractivity (Wildman–Crippen MR) is 56.7 cm³/mol. The van der Waals surface area contributed by atoms with Crippen molar-refractivity contribution in [2.45, 2.75) is 12.8 Å². The standard InChI is InChI=1S/C12H11F2NO/c1-15-11(16)5-8-3-2-7-4-9(13)6-10(14)12(7)8/h4-6H,2-3H2,1H3,(H,15,16)/b8-5-. The lowest BCUT2D eigenvalue weighted by molar-refractivity contribution is -0.116. The van der Waals surface area contributed by atoms with Gasteiger partial charge in [0, 0.05) is 24.8 Å². The molecule has 2 nitrogen and oxygen atoms in total. The van der Waals surface area contributed by atoms with Crippen LogP contribution < -0.4 is 5.32 Å². The third-order valence-electron chi connectivity index (χ3n) is 2.67. The Balaban J connectivity index is 2.47. The summed E-state index contributed by atoms with van der Waals surface area (Å²) in [6.45, 7) is 0. The van der Waals surface area contributed by atoms with E-state index in [0.717, 1.165) is 6.07 Å². The van der Waals surface area contributed by atoms with Crippen LogP contribution in [0.4, 0.5) is 8.78 Å². The second-order valence-corrected chi connectivity index (χ2v) is 3.71. The lowest BCUT2D eigenvalue weighted by Crippen LogP contribution is -2.14. The third kappa shape index (κ3) is 1.83. The maximum atomic E-state index is 13.5. The molecule has 4 heteroatoms. The highest BCUT2D eigenvalue weighted by Crippen LogP contribution is 2.34. The Kier molecular flexibility index (Phi) is 2.73. The van der Waals surface area contributed by atoms with Crippen LogP contribution >= 0.6 is 0 Å². The highest BCUT2D eigenvalue weighted by atomic mass is 19.1. The summed E-state index contributed by atoms with van der Waals surface area (Å²) in [5.74, 6) is -1.44. The summed E-state index contributed by atoms with van der Waals surface area (Å²) in [6.07, 6.45) is 2.52. The van der Waals surface area contributed by atoms with Gasteiger partial charge in [0.2, 0.25) is 5.91 Å². The number of fused-ring (bicyclic) bond motifs is 1. The number of hydrogen-bond acceptors (Lipinski definition) is 1. The van der Waals surface area contributed by atoms with E-state index in [1.807, 2.05) is 0 Å². The highest BCUT2D eigenvalue weighted by molar-refractivity contribution is 5.96. The van der Waals surface area contributed by atoms with Crippen molar-refractivity contribution in [1.82, 2.24) is 5.32 Å². The first-order valence-corrected chi connectivity index (χ1v) is 5.02. The number of halogens is 2. The van der Waals surface area contributed by atoms with E-state index in [1.54, 1.807) is 0 Å². The number of hydrogen-bond donors (Lipinski definition) is 1. The Morgan fingerprint density at radius 2 is 2.12 bits per heavy atom. The van der Waals surface area contributed by atoms with Crippen LogP contribution in [0.25, 0.3) is 5.57 Å². The molecule has 0 atom stereocenters. The zero-order valence-corrected chi connectivity index (χ0v) is 8.81. The molecule has 0 fully saturated rings. The van der Waals surface area contributed by atoms with Gasteiger partial charge >= 0.3 is 0 Å². The molecule has 1 amide bonds. The molecule has 0 saturated heterocycles. The van der Waals surface area contributed by atoms with E-state index in [2.05, 4.69) is 5.32 Å². The van der Waals surface area contributed by atoms with E-state index < -0.39 is 11.6 Å². The van der Waals surface area contributed by atoms with Crippen molar-refractivity contribution in [2.24, 2.45) is 0 Å². The summed E-state index contributed by atoms with van der Waals surface area (Å²) in [5.41, 5.74) is 1.64. The first kappa shape index (κ1) is 10.8. The molecule has 1 N–H and O–H groups in total. The smallest absolute Gasteiger partial charge is 0.244 e. The van der Waals surface area contributed by atoms with Crippen molar-refractivity contribution in [2.75, 3.05) is 7.05 Å². The van der Waals surface area contributed by atoms with Crippen molar-refractivity contribution in [3.63, 3.8) is 0 Å². The fourth-order valence-electron chi connectivity index (χ4n) is 1.95. The molecule has 84 valence electrons. The second kappa shape index (κ2) is 4.04. The van der Waals surface area contributed by atoms with E-state index in [4.69, 9.17) is 0 Å². The van der Waals surface area contributed by atoms with Crippen LogP contribution in [0.3, 0.4) is 0 Å². The first-order chi connectivity index (χ1) is 7.61. The third-order valence-corrected chi connectivity index (χ3v) is 2.67. The number of aryl methyl sites for hydroxylation is 1. The molecule has 0 saturated carbocycles. The van der Waals surface area contributed by atoms with E-state index in [1.165, 1.54) is 19.2 Å². The summed E-state index contributed by atoms with van der Waals surface area (Å²) in [5, 5.41) is 2.44. The number of carbonyl (C=O) groups excluding carboxylic acids is 1. The normalized spacial score (nSPS) is 16.3. The number of benzene rings is 1. The van der Waals surface area contributed by atoms with E-state index in [9.17, 15) is 13.6 Å². The van der Waals surface area contributed by atoms with Gasteiger partial charge in [0.15, 0.2) is 0 Å². The highest BCUT2D eigenvalue weighted by Gasteiger charge is 2.21. The Bertz CT molecular complexity index is 480. The zero-order valence-electron chi connectivity index (χ0n) is 8.81. The largest absolute Gasteiger partial charge is 0.356 e. The van der Waals surface area contributed by atoms with Crippen LogP contribution in [0.15, 0.2) is 18.2 Å². The van der Waals surface area contributed by atoms with Crippen LogP contribution in [-0.4, -0.2) is 13.0 Å². The van der Waals surface area contributed by atoms with Gasteiger partial charge in [-0.3, -0.25) is 4.79 Å². The second-order valence-electron chi connectivity index (χ2n) is 3.71. The van der Waals surface area contributed by atoms with Gasteiger partial charge in [-0.25, -0.2) is 8.78 Å². The monoisotopic (exact) mass is 223 g/mol. The number of allylic oxidation sites excluding steroid dienone is 1. The lowest BCUT2D eigenvalue weighted by atomic mass is 10.1.